The van der Waals surface area contributed by atoms with Gasteiger partial charge in [-0.2, -0.15) is 0 Å². The molecule has 3 rings (SSSR count). The molecule has 0 aliphatic carbocycles. The second-order valence-corrected chi connectivity index (χ2v) is 5.78. The van der Waals surface area contributed by atoms with Crippen LogP contribution >= 0.6 is 0 Å². The largest absolute Gasteiger partial charge is 0.456 e. The Bertz CT molecular complexity index is 643. The van der Waals surface area contributed by atoms with Crippen LogP contribution in [0.25, 0.3) is 0 Å². The van der Waals surface area contributed by atoms with Crippen molar-refractivity contribution in [2.24, 2.45) is 5.92 Å². The maximum Gasteiger partial charge on any atom is 0.253 e. The predicted octanol–water partition coefficient (Wildman–Crippen LogP) is 2.56. The van der Waals surface area contributed by atoms with E-state index in [-0.39, 0.29) is 5.91 Å². The van der Waals surface area contributed by atoms with Crippen molar-refractivity contribution in [3.8, 4) is 11.5 Å². The van der Waals surface area contributed by atoms with E-state index >= 15 is 0 Å². The quantitative estimate of drug-likeness (QED) is 0.922. The fourth-order valence-electron chi connectivity index (χ4n) is 2.86. The lowest BCUT2D eigenvalue weighted by Gasteiger charge is -2.17. The molecule has 1 fully saturated rings. The van der Waals surface area contributed by atoms with Crippen LogP contribution in [0.3, 0.4) is 0 Å². The molecule has 0 saturated carbocycles. The summed E-state index contributed by atoms with van der Waals surface area (Å²) in [5.41, 5.74) is 0.702. The van der Waals surface area contributed by atoms with Crippen LogP contribution in [0.15, 0.2) is 48.8 Å². The summed E-state index contributed by atoms with van der Waals surface area (Å²) in [6, 6.07) is 10.9. The minimum absolute atomic E-state index is 0.0940. The molecule has 0 unspecified atom stereocenters. The minimum atomic E-state index is 0.0940. The van der Waals surface area contributed by atoms with Crippen LogP contribution in [-0.2, 0) is 0 Å². The molecule has 1 aromatic heterocycles. The predicted molar refractivity (Wildman–Crippen MR) is 88.7 cm³/mol. The molecule has 1 aliphatic rings. The zero-order valence-electron chi connectivity index (χ0n) is 13.2. The third kappa shape index (κ3) is 3.87. The van der Waals surface area contributed by atoms with E-state index in [1.54, 1.807) is 12.4 Å². The van der Waals surface area contributed by atoms with Crippen LogP contribution in [0, 0.1) is 5.92 Å². The molecule has 5 nitrogen and oxygen atoms in total. The lowest BCUT2D eigenvalue weighted by molar-refractivity contribution is 0.0787. The van der Waals surface area contributed by atoms with Gasteiger partial charge in [-0.05, 0) is 62.3 Å². The normalized spacial score (nSPS) is 17.3. The zero-order valence-corrected chi connectivity index (χ0v) is 13.2. The first-order valence-corrected chi connectivity index (χ1v) is 7.88. The number of pyridine rings is 1. The fraction of sp³-hybridized carbons (Fsp3) is 0.333. The van der Waals surface area contributed by atoms with Gasteiger partial charge in [-0.15, -0.1) is 0 Å². The Kier molecular flexibility index (Phi) is 4.88. The van der Waals surface area contributed by atoms with E-state index in [1.807, 2.05) is 48.3 Å². The Morgan fingerprint density at radius 3 is 2.83 bits per heavy atom. The molecule has 1 aliphatic heterocycles. The van der Waals surface area contributed by atoms with Crippen LogP contribution in [0.1, 0.15) is 16.8 Å². The van der Waals surface area contributed by atoms with Crippen LogP contribution < -0.4 is 10.1 Å². The van der Waals surface area contributed by atoms with Crippen molar-refractivity contribution in [2.45, 2.75) is 6.42 Å². The number of likely N-dealkylation sites (tertiary alicyclic amines) is 1. The van der Waals surface area contributed by atoms with Gasteiger partial charge in [0, 0.05) is 24.8 Å². The Morgan fingerprint density at radius 1 is 1.30 bits per heavy atom. The first-order chi connectivity index (χ1) is 11.3. The van der Waals surface area contributed by atoms with Gasteiger partial charge in [0.25, 0.3) is 5.91 Å². The molecule has 1 aromatic carbocycles. The average molecular weight is 311 g/mol. The minimum Gasteiger partial charge on any atom is -0.456 e. The Morgan fingerprint density at radius 2 is 2.13 bits per heavy atom. The lowest BCUT2D eigenvalue weighted by atomic mass is 10.1. The highest BCUT2D eigenvalue weighted by Crippen LogP contribution is 2.22. The van der Waals surface area contributed by atoms with Crippen molar-refractivity contribution >= 4 is 5.91 Å². The molecule has 5 heteroatoms. The molecular weight excluding hydrogens is 290 g/mol. The second kappa shape index (κ2) is 7.24. The van der Waals surface area contributed by atoms with Crippen molar-refractivity contribution in [2.75, 3.05) is 26.7 Å². The highest BCUT2D eigenvalue weighted by molar-refractivity contribution is 5.94. The van der Waals surface area contributed by atoms with Crippen molar-refractivity contribution in [1.82, 2.24) is 15.2 Å². The Balaban J connectivity index is 1.62. The standard InChI is InChI=1S/C18H21N3O2/c1-19-11-14-8-10-21(13-14)18(22)15-4-6-16(7-5-15)23-17-3-2-9-20-12-17/h2-7,9,12,14,19H,8,10-11,13H2,1H3/t14-/m0/s1. The smallest absolute Gasteiger partial charge is 0.253 e. The van der Waals surface area contributed by atoms with Crippen molar-refractivity contribution in [3.63, 3.8) is 0 Å². The first kappa shape index (κ1) is 15.5. The second-order valence-electron chi connectivity index (χ2n) is 5.78. The average Bonchev–Trinajstić information content (AvgIpc) is 3.05. The van der Waals surface area contributed by atoms with E-state index in [9.17, 15) is 4.79 Å². The molecule has 0 bridgehead atoms. The number of benzene rings is 1. The Labute approximate surface area is 136 Å². The summed E-state index contributed by atoms with van der Waals surface area (Å²) in [6.45, 7) is 2.62. The number of carbonyl (C=O) groups excluding carboxylic acids is 1. The van der Waals surface area contributed by atoms with Crippen LogP contribution in [0.4, 0.5) is 0 Å². The summed E-state index contributed by atoms with van der Waals surface area (Å²) in [5.74, 6) is 2.03. The van der Waals surface area contributed by atoms with Crippen molar-refractivity contribution < 1.29 is 9.53 Å². The molecule has 1 amide bonds. The van der Waals surface area contributed by atoms with Gasteiger partial charge in [0.15, 0.2) is 0 Å². The summed E-state index contributed by atoms with van der Waals surface area (Å²) in [6.07, 6.45) is 4.42. The number of aromatic nitrogens is 1. The molecular formula is C18H21N3O2. The number of nitrogens with one attached hydrogen (secondary N) is 1. The molecule has 0 radical (unpaired) electrons. The number of rotatable bonds is 5. The zero-order chi connectivity index (χ0) is 16.1. The van der Waals surface area contributed by atoms with Gasteiger partial charge in [0.05, 0.1) is 6.20 Å². The van der Waals surface area contributed by atoms with E-state index in [4.69, 9.17) is 4.74 Å². The van der Waals surface area contributed by atoms with Gasteiger partial charge in [-0.25, -0.2) is 0 Å². The summed E-state index contributed by atoms with van der Waals surface area (Å²) < 4.78 is 5.69. The SMILES string of the molecule is CNC[C@@H]1CCN(C(=O)c2ccc(Oc3cccnc3)cc2)C1. The monoisotopic (exact) mass is 311 g/mol. The summed E-state index contributed by atoms with van der Waals surface area (Å²) in [5, 5.41) is 3.18. The third-order valence-corrected chi connectivity index (χ3v) is 4.04. The summed E-state index contributed by atoms with van der Waals surface area (Å²) in [7, 11) is 1.95. The van der Waals surface area contributed by atoms with Crippen molar-refractivity contribution in [1.29, 1.82) is 0 Å². The number of nitrogens with zero attached hydrogens (tertiary/aromatic N) is 2. The first-order valence-electron chi connectivity index (χ1n) is 7.88. The topological polar surface area (TPSA) is 54.5 Å². The van der Waals surface area contributed by atoms with E-state index in [0.717, 1.165) is 26.1 Å². The number of hydrogen-bond acceptors (Lipinski definition) is 4. The number of ether oxygens (including phenoxy) is 1. The van der Waals surface area contributed by atoms with E-state index in [1.165, 1.54) is 0 Å². The van der Waals surface area contributed by atoms with Gasteiger partial charge < -0.3 is 15.0 Å². The van der Waals surface area contributed by atoms with Gasteiger partial charge in [0.2, 0.25) is 0 Å². The lowest BCUT2D eigenvalue weighted by Crippen LogP contribution is -2.30. The fourth-order valence-corrected chi connectivity index (χ4v) is 2.86. The highest BCUT2D eigenvalue weighted by atomic mass is 16.5. The molecule has 120 valence electrons. The van der Waals surface area contributed by atoms with E-state index < -0.39 is 0 Å². The molecule has 2 aromatic rings. The van der Waals surface area contributed by atoms with Gasteiger partial charge in [0.1, 0.15) is 11.5 Å². The van der Waals surface area contributed by atoms with Crippen molar-refractivity contribution in [3.05, 3.63) is 54.4 Å². The third-order valence-electron chi connectivity index (χ3n) is 4.04. The molecule has 1 N–H and O–H groups in total. The number of carbonyl (C=O) groups is 1. The van der Waals surface area contributed by atoms with Gasteiger partial charge in [-0.3, -0.25) is 9.78 Å². The van der Waals surface area contributed by atoms with E-state index in [2.05, 4.69) is 10.3 Å². The van der Waals surface area contributed by atoms with Gasteiger partial charge in [-0.1, -0.05) is 0 Å². The molecule has 1 saturated heterocycles. The number of amides is 1. The maximum atomic E-state index is 12.5. The molecule has 23 heavy (non-hydrogen) atoms. The molecule has 2 heterocycles. The van der Waals surface area contributed by atoms with Crippen LogP contribution in [-0.4, -0.2) is 42.5 Å². The Hall–Kier alpha value is -2.40. The molecule has 0 spiro atoms. The molecule has 1 atom stereocenters. The summed E-state index contributed by atoms with van der Waals surface area (Å²) in [4.78, 5) is 18.5. The van der Waals surface area contributed by atoms with Gasteiger partial charge >= 0.3 is 0 Å². The van der Waals surface area contributed by atoms with Crippen LogP contribution in [0.2, 0.25) is 0 Å². The van der Waals surface area contributed by atoms with Crippen LogP contribution in [0.5, 0.6) is 11.5 Å². The number of hydrogen-bond donors (Lipinski definition) is 1. The highest BCUT2D eigenvalue weighted by Gasteiger charge is 2.26. The maximum absolute atomic E-state index is 12.5. The van der Waals surface area contributed by atoms with E-state index in [0.29, 0.717) is 23.0 Å². The summed E-state index contributed by atoms with van der Waals surface area (Å²) >= 11 is 0.